The van der Waals surface area contributed by atoms with Crippen molar-refractivity contribution in [1.29, 1.82) is 0 Å². The molecule has 0 radical (unpaired) electrons. The van der Waals surface area contributed by atoms with Crippen molar-refractivity contribution >= 4 is 18.0 Å². The molecule has 232 valence electrons. The van der Waals surface area contributed by atoms with Crippen LogP contribution in [0.4, 0.5) is 13.6 Å². The van der Waals surface area contributed by atoms with Gasteiger partial charge in [-0.25, -0.2) is 13.6 Å². The molecule has 1 aromatic heterocycles. The summed E-state index contributed by atoms with van der Waals surface area (Å²) in [6, 6.07) is 2.71. The second kappa shape index (κ2) is 13.5. The summed E-state index contributed by atoms with van der Waals surface area (Å²) in [6.45, 7) is 4.45. The number of ether oxygens (including phenoxy) is 5. The standard InChI is InChI=1S/C28H32F2N4O9/c1-17-4-8-40-22-15-33-14-20(26(36)31-13-18-2-3-19(29)12-21(18)30)24(35)25(23(33)27(37)34(17)22)42-16-43-28(38)41-11-7-32-5-9-39-10-6-32/h2-3,12,14,17,22H,4-11,13,15-16H2,1H3,(H,31,36)/t17-,22+/m1/s1. The minimum atomic E-state index is -1.04. The van der Waals surface area contributed by atoms with Crippen LogP contribution >= 0.6 is 0 Å². The third kappa shape index (κ3) is 6.95. The lowest BCUT2D eigenvalue weighted by Crippen LogP contribution is -2.57. The topological polar surface area (TPSA) is 138 Å². The third-order valence-electron chi connectivity index (χ3n) is 7.47. The lowest BCUT2D eigenvalue weighted by Gasteiger charge is -2.44. The molecule has 4 heterocycles. The van der Waals surface area contributed by atoms with Crippen molar-refractivity contribution in [1.82, 2.24) is 19.7 Å². The third-order valence-corrected chi connectivity index (χ3v) is 7.47. The summed E-state index contributed by atoms with van der Waals surface area (Å²) in [6.07, 6.45) is 0.116. The highest BCUT2D eigenvalue weighted by molar-refractivity contribution is 5.99. The van der Waals surface area contributed by atoms with Gasteiger partial charge >= 0.3 is 6.16 Å². The lowest BCUT2D eigenvalue weighted by atomic mass is 10.1. The molecule has 5 rings (SSSR count). The highest BCUT2D eigenvalue weighted by Crippen LogP contribution is 2.30. The van der Waals surface area contributed by atoms with Crippen molar-refractivity contribution in [2.45, 2.75) is 38.7 Å². The summed E-state index contributed by atoms with van der Waals surface area (Å²) in [5.41, 5.74) is -1.48. The van der Waals surface area contributed by atoms with E-state index in [0.29, 0.717) is 38.9 Å². The monoisotopic (exact) mass is 606 g/mol. The van der Waals surface area contributed by atoms with Crippen molar-refractivity contribution in [3.63, 3.8) is 0 Å². The molecule has 2 aromatic rings. The average molecular weight is 607 g/mol. The van der Waals surface area contributed by atoms with E-state index in [0.717, 1.165) is 19.2 Å². The fraction of sp³-hybridized carbons (Fsp3) is 0.500. The van der Waals surface area contributed by atoms with Crippen LogP contribution in [0, 0.1) is 11.6 Å². The Bertz CT molecular complexity index is 1430. The zero-order chi connectivity index (χ0) is 30.5. The van der Waals surface area contributed by atoms with E-state index in [1.54, 1.807) is 0 Å². The van der Waals surface area contributed by atoms with Crippen molar-refractivity contribution in [2.75, 3.05) is 52.9 Å². The first-order chi connectivity index (χ1) is 20.7. The predicted molar refractivity (Wildman–Crippen MR) is 143 cm³/mol. The predicted octanol–water partition coefficient (Wildman–Crippen LogP) is 1.47. The number of benzene rings is 1. The highest BCUT2D eigenvalue weighted by Gasteiger charge is 2.41. The SMILES string of the molecule is C[C@@H]1CCO[C@H]2Cn3cc(C(=O)NCc4ccc(F)cc4F)c(=O)c(OCOC(=O)OCCN4CCOCC4)c3C(=O)N12. The normalized spacial score (nSPS) is 20.2. The number of hydrogen-bond donors (Lipinski definition) is 1. The number of carbonyl (C=O) groups excluding carboxylic acids is 3. The zero-order valence-electron chi connectivity index (χ0n) is 23.5. The summed E-state index contributed by atoms with van der Waals surface area (Å²) < 4.78 is 55.3. The minimum Gasteiger partial charge on any atom is -0.451 e. The Morgan fingerprint density at radius 2 is 1.91 bits per heavy atom. The van der Waals surface area contributed by atoms with Gasteiger partial charge in [-0.3, -0.25) is 19.3 Å². The second-order valence-corrected chi connectivity index (χ2v) is 10.3. The number of nitrogens with one attached hydrogen (secondary N) is 1. The number of morpholine rings is 1. The Labute approximate surface area is 245 Å². The molecule has 2 atom stereocenters. The number of pyridine rings is 1. The fourth-order valence-corrected chi connectivity index (χ4v) is 5.14. The first-order valence-electron chi connectivity index (χ1n) is 13.9. The largest absolute Gasteiger partial charge is 0.511 e. The Hall–Kier alpha value is -4.08. The van der Waals surface area contributed by atoms with Crippen LogP contribution < -0.4 is 15.5 Å². The Balaban J connectivity index is 1.32. The molecular formula is C28H32F2N4O9. The van der Waals surface area contributed by atoms with Gasteiger partial charge in [0, 0.05) is 50.0 Å². The van der Waals surface area contributed by atoms with E-state index in [1.165, 1.54) is 21.7 Å². The first-order valence-corrected chi connectivity index (χ1v) is 13.9. The van der Waals surface area contributed by atoms with Crippen LogP contribution in [0.2, 0.25) is 0 Å². The van der Waals surface area contributed by atoms with E-state index < -0.39 is 59.4 Å². The number of fused-ring (bicyclic) bond motifs is 2. The van der Waals surface area contributed by atoms with Gasteiger partial charge in [-0.2, -0.15) is 0 Å². The molecule has 3 aliphatic rings. The molecule has 0 spiro atoms. The van der Waals surface area contributed by atoms with Gasteiger partial charge in [0.05, 0.1) is 26.4 Å². The Morgan fingerprint density at radius 3 is 2.67 bits per heavy atom. The van der Waals surface area contributed by atoms with E-state index in [9.17, 15) is 28.0 Å². The van der Waals surface area contributed by atoms with Gasteiger partial charge in [0.15, 0.2) is 11.9 Å². The van der Waals surface area contributed by atoms with Crippen LogP contribution in [0.25, 0.3) is 0 Å². The van der Waals surface area contributed by atoms with Crippen molar-refractivity contribution in [3.05, 3.63) is 63.1 Å². The van der Waals surface area contributed by atoms with Crippen molar-refractivity contribution in [3.8, 4) is 5.75 Å². The fourth-order valence-electron chi connectivity index (χ4n) is 5.14. The smallest absolute Gasteiger partial charge is 0.451 e. The average Bonchev–Trinajstić information content (AvgIpc) is 2.98. The Kier molecular flexibility index (Phi) is 9.52. The molecule has 1 aromatic carbocycles. The Morgan fingerprint density at radius 1 is 1.12 bits per heavy atom. The van der Waals surface area contributed by atoms with Gasteiger partial charge < -0.3 is 38.5 Å². The minimum absolute atomic E-state index is 0.000214. The zero-order valence-corrected chi connectivity index (χ0v) is 23.5. The van der Waals surface area contributed by atoms with E-state index >= 15 is 0 Å². The molecule has 15 heteroatoms. The van der Waals surface area contributed by atoms with E-state index in [-0.39, 0.29) is 37.0 Å². The van der Waals surface area contributed by atoms with Crippen LogP contribution in [-0.2, 0) is 32.0 Å². The maximum absolute atomic E-state index is 14.1. The molecule has 2 fully saturated rings. The molecule has 2 saturated heterocycles. The summed E-state index contributed by atoms with van der Waals surface area (Å²) >= 11 is 0. The van der Waals surface area contributed by atoms with Crippen molar-refractivity contribution < 1.29 is 46.8 Å². The van der Waals surface area contributed by atoms with Crippen LogP contribution in [0.5, 0.6) is 5.75 Å². The summed E-state index contributed by atoms with van der Waals surface area (Å²) in [4.78, 5) is 55.8. The lowest BCUT2D eigenvalue weighted by molar-refractivity contribution is -0.112. The number of amides is 2. The quantitative estimate of drug-likeness (QED) is 0.330. The molecule has 0 saturated carbocycles. The van der Waals surface area contributed by atoms with E-state index in [4.69, 9.17) is 23.7 Å². The van der Waals surface area contributed by atoms with Crippen LogP contribution in [0.3, 0.4) is 0 Å². The summed E-state index contributed by atoms with van der Waals surface area (Å²) in [5.74, 6) is -3.57. The maximum atomic E-state index is 14.1. The first kappa shape index (κ1) is 30.4. The van der Waals surface area contributed by atoms with Crippen LogP contribution in [-0.4, -0.2) is 97.5 Å². The summed E-state index contributed by atoms with van der Waals surface area (Å²) in [5, 5.41) is 2.44. The number of rotatable bonds is 9. The molecule has 0 unspecified atom stereocenters. The maximum Gasteiger partial charge on any atom is 0.511 e. The molecule has 1 N–H and O–H groups in total. The second-order valence-electron chi connectivity index (χ2n) is 10.3. The van der Waals surface area contributed by atoms with Crippen LogP contribution in [0.1, 0.15) is 39.8 Å². The van der Waals surface area contributed by atoms with Crippen molar-refractivity contribution in [2.24, 2.45) is 0 Å². The number of halogens is 2. The highest BCUT2D eigenvalue weighted by atomic mass is 19.1. The summed E-state index contributed by atoms with van der Waals surface area (Å²) in [7, 11) is 0. The molecule has 0 aliphatic carbocycles. The molecule has 0 bridgehead atoms. The van der Waals surface area contributed by atoms with E-state index in [2.05, 4.69) is 10.2 Å². The van der Waals surface area contributed by atoms with Gasteiger partial charge in [0.1, 0.15) is 23.8 Å². The van der Waals surface area contributed by atoms with E-state index in [1.807, 2.05) is 6.92 Å². The number of nitrogens with zero attached hydrogens (tertiary/aromatic N) is 3. The van der Waals surface area contributed by atoms with Gasteiger partial charge in [-0.05, 0) is 19.4 Å². The van der Waals surface area contributed by atoms with Crippen LogP contribution in [0.15, 0.2) is 29.2 Å². The molecular weight excluding hydrogens is 574 g/mol. The molecule has 43 heavy (non-hydrogen) atoms. The number of aromatic nitrogens is 1. The van der Waals surface area contributed by atoms with Gasteiger partial charge in [0.2, 0.25) is 18.0 Å². The molecule has 13 nitrogen and oxygen atoms in total. The van der Waals surface area contributed by atoms with Gasteiger partial charge in [-0.1, -0.05) is 6.07 Å². The number of carbonyl (C=O) groups is 3. The molecule has 2 amide bonds. The van der Waals surface area contributed by atoms with Gasteiger partial charge in [0.25, 0.3) is 11.8 Å². The van der Waals surface area contributed by atoms with Gasteiger partial charge in [-0.15, -0.1) is 0 Å². The number of hydrogen-bond acceptors (Lipinski definition) is 10. The molecule has 3 aliphatic heterocycles.